The number of aliphatic hydroxyl groups excluding tert-OH is 1. The van der Waals surface area contributed by atoms with Crippen molar-refractivity contribution in [1.82, 2.24) is 4.98 Å². The molecule has 5 aromatic rings. The molecule has 7 heteroatoms. The molecule has 0 spiro atoms. The van der Waals surface area contributed by atoms with Crippen LogP contribution in [0.1, 0.15) is 41.1 Å². The van der Waals surface area contributed by atoms with E-state index in [9.17, 15) is 5.11 Å². The van der Waals surface area contributed by atoms with Gasteiger partial charge in [-0.15, -0.1) is 11.3 Å². The number of thiazole rings is 1. The standard InChI is InChI=1S/C32H30N2O3S2/c33-18-22-5-3-6-24(15-22)25-7-4-8-26(16-25)31-36-27(17-29(37-31)23-13-11-21(19-35)12-14-23)20-38-32-34-28-9-1-2-10-30(28)39-32/h1-16,27,29,31,35H,17-20,33H2. The first-order valence-electron chi connectivity index (χ1n) is 13.1. The fourth-order valence-corrected chi connectivity index (χ4v) is 6.95. The number of nitrogens with zero attached hydrogens (tertiary/aromatic N) is 1. The first-order valence-corrected chi connectivity index (χ1v) is 14.9. The molecule has 198 valence electrons. The second-order valence-corrected chi connectivity index (χ2v) is 11.9. The zero-order valence-corrected chi connectivity index (χ0v) is 23.0. The van der Waals surface area contributed by atoms with E-state index in [1.165, 1.54) is 4.70 Å². The Hall–Kier alpha value is -3.04. The van der Waals surface area contributed by atoms with E-state index in [0.717, 1.165) is 55.4 Å². The molecule has 5 nitrogen and oxygen atoms in total. The third-order valence-corrected chi connectivity index (χ3v) is 9.25. The predicted molar refractivity (Wildman–Crippen MR) is 159 cm³/mol. The molecule has 1 aromatic heterocycles. The molecular weight excluding hydrogens is 524 g/mol. The molecule has 4 aromatic carbocycles. The maximum Gasteiger partial charge on any atom is 0.184 e. The Labute approximate surface area is 236 Å². The second kappa shape index (κ2) is 12.0. The molecular formula is C32H30N2O3S2. The fourth-order valence-electron chi connectivity index (χ4n) is 4.84. The van der Waals surface area contributed by atoms with Gasteiger partial charge in [-0.2, -0.15) is 0 Å². The van der Waals surface area contributed by atoms with Gasteiger partial charge in [0.05, 0.1) is 29.0 Å². The normalized spacial score (nSPS) is 19.4. The van der Waals surface area contributed by atoms with Gasteiger partial charge < -0.3 is 20.3 Å². The number of hydrogen-bond acceptors (Lipinski definition) is 7. The molecule has 6 rings (SSSR count). The van der Waals surface area contributed by atoms with E-state index < -0.39 is 6.29 Å². The molecule has 1 saturated heterocycles. The van der Waals surface area contributed by atoms with E-state index in [1.807, 2.05) is 48.5 Å². The number of aliphatic hydroxyl groups is 1. The molecule has 0 saturated carbocycles. The van der Waals surface area contributed by atoms with E-state index in [1.54, 1.807) is 23.1 Å². The predicted octanol–water partition coefficient (Wildman–Crippen LogP) is 7.25. The molecule has 0 amide bonds. The lowest BCUT2D eigenvalue weighted by Crippen LogP contribution is -2.31. The Balaban J connectivity index is 1.26. The summed E-state index contributed by atoms with van der Waals surface area (Å²) in [6.45, 7) is 0.532. The van der Waals surface area contributed by atoms with Crippen LogP contribution in [0.4, 0.5) is 0 Å². The number of para-hydroxylation sites is 1. The van der Waals surface area contributed by atoms with Gasteiger partial charge >= 0.3 is 0 Å². The van der Waals surface area contributed by atoms with Crippen molar-refractivity contribution in [2.75, 3.05) is 5.75 Å². The average molecular weight is 555 g/mol. The van der Waals surface area contributed by atoms with Crippen LogP contribution >= 0.6 is 23.1 Å². The van der Waals surface area contributed by atoms with Gasteiger partial charge in [0, 0.05) is 24.3 Å². The minimum Gasteiger partial charge on any atom is -0.392 e. The van der Waals surface area contributed by atoms with Crippen molar-refractivity contribution < 1.29 is 14.6 Å². The molecule has 0 radical (unpaired) electrons. The van der Waals surface area contributed by atoms with Crippen molar-refractivity contribution in [1.29, 1.82) is 0 Å². The van der Waals surface area contributed by atoms with Gasteiger partial charge in [0.1, 0.15) is 0 Å². The van der Waals surface area contributed by atoms with E-state index in [-0.39, 0.29) is 18.8 Å². The number of rotatable bonds is 8. The zero-order valence-electron chi connectivity index (χ0n) is 21.4. The van der Waals surface area contributed by atoms with Crippen LogP contribution in [0.25, 0.3) is 21.3 Å². The Morgan fingerprint density at radius 3 is 2.44 bits per heavy atom. The molecule has 3 unspecified atom stereocenters. The highest BCUT2D eigenvalue weighted by atomic mass is 32.2. The summed E-state index contributed by atoms with van der Waals surface area (Å²) in [5.41, 5.74) is 13.2. The molecule has 1 aliphatic heterocycles. The highest BCUT2D eigenvalue weighted by molar-refractivity contribution is 8.01. The van der Waals surface area contributed by atoms with Crippen molar-refractivity contribution in [2.24, 2.45) is 5.73 Å². The summed E-state index contributed by atoms with van der Waals surface area (Å²) in [7, 11) is 0. The van der Waals surface area contributed by atoms with Crippen molar-refractivity contribution in [3.8, 4) is 11.1 Å². The second-order valence-electron chi connectivity index (χ2n) is 9.64. The largest absolute Gasteiger partial charge is 0.392 e. The van der Waals surface area contributed by atoms with Crippen LogP contribution in [0.3, 0.4) is 0 Å². The number of thioether (sulfide) groups is 1. The van der Waals surface area contributed by atoms with Gasteiger partial charge in [-0.1, -0.05) is 84.6 Å². The summed E-state index contributed by atoms with van der Waals surface area (Å²) < 4.78 is 15.4. The third kappa shape index (κ3) is 6.09. The number of aromatic nitrogens is 1. The highest BCUT2D eigenvalue weighted by Crippen LogP contribution is 2.41. The Kier molecular flexibility index (Phi) is 8.06. The van der Waals surface area contributed by atoms with Crippen LogP contribution in [-0.4, -0.2) is 21.9 Å². The van der Waals surface area contributed by atoms with Crippen molar-refractivity contribution in [3.05, 3.63) is 119 Å². The molecule has 39 heavy (non-hydrogen) atoms. The van der Waals surface area contributed by atoms with E-state index in [2.05, 4.69) is 48.5 Å². The summed E-state index contributed by atoms with van der Waals surface area (Å²) in [6.07, 6.45) is 0.0968. The fraction of sp³-hybridized carbons (Fsp3) is 0.219. The third-order valence-electron chi connectivity index (χ3n) is 6.94. The molecule has 1 aliphatic rings. The number of ether oxygens (including phenoxy) is 2. The van der Waals surface area contributed by atoms with E-state index in [4.69, 9.17) is 20.2 Å². The molecule has 0 bridgehead atoms. The average Bonchev–Trinajstić information content (AvgIpc) is 3.43. The molecule has 3 atom stereocenters. The zero-order chi connectivity index (χ0) is 26.6. The van der Waals surface area contributed by atoms with Crippen LogP contribution < -0.4 is 5.73 Å². The molecule has 0 aliphatic carbocycles. The Morgan fingerprint density at radius 2 is 1.64 bits per heavy atom. The monoisotopic (exact) mass is 554 g/mol. The number of nitrogens with two attached hydrogens (primary N) is 1. The first kappa shape index (κ1) is 26.2. The summed E-state index contributed by atoms with van der Waals surface area (Å²) >= 11 is 3.46. The highest BCUT2D eigenvalue weighted by Gasteiger charge is 2.32. The van der Waals surface area contributed by atoms with Crippen LogP contribution in [0.5, 0.6) is 0 Å². The first-order chi connectivity index (χ1) is 19.2. The van der Waals surface area contributed by atoms with Crippen molar-refractivity contribution >= 4 is 33.3 Å². The van der Waals surface area contributed by atoms with Gasteiger partial charge in [-0.3, -0.25) is 0 Å². The van der Waals surface area contributed by atoms with E-state index in [0.29, 0.717) is 6.54 Å². The van der Waals surface area contributed by atoms with Crippen LogP contribution in [0.2, 0.25) is 0 Å². The Morgan fingerprint density at radius 1 is 0.846 bits per heavy atom. The van der Waals surface area contributed by atoms with Crippen LogP contribution in [-0.2, 0) is 22.6 Å². The maximum absolute atomic E-state index is 9.49. The number of hydrogen-bond donors (Lipinski definition) is 2. The van der Waals surface area contributed by atoms with Crippen molar-refractivity contribution in [2.45, 2.75) is 42.4 Å². The van der Waals surface area contributed by atoms with Crippen LogP contribution in [0.15, 0.2) is 101 Å². The summed E-state index contributed by atoms with van der Waals surface area (Å²) in [6, 6.07) is 32.9. The van der Waals surface area contributed by atoms with Gasteiger partial charge in [-0.25, -0.2) is 4.98 Å². The maximum atomic E-state index is 9.49. The smallest absolute Gasteiger partial charge is 0.184 e. The van der Waals surface area contributed by atoms with Crippen LogP contribution in [0, 0.1) is 0 Å². The minimum absolute atomic E-state index is 0.0208. The summed E-state index contributed by atoms with van der Waals surface area (Å²) in [5.74, 6) is 0.781. The van der Waals surface area contributed by atoms with Gasteiger partial charge in [0.15, 0.2) is 10.6 Å². The Bertz CT molecular complexity index is 1520. The van der Waals surface area contributed by atoms with Crippen molar-refractivity contribution in [3.63, 3.8) is 0 Å². The molecule has 1 fully saturated rings. The SMILES string of the molecule is NCc1cccc(-c2cccc(C3OC(CSc4nc5ccccc5s4)CC(c4ccc(CO)cc4)O3)c2)c1. The number of fused-ring (bicyclic) bond motifs is 1. The van der Waals surface area contributed by atoms with Gasteiger partial charge in [-0.05, 0) is 52.1 Å². The molecule has 2 heterocycles. The lowest BCUT2D eigenvalue weighted by atomic mass is 9.99. The quantitative estimate of drug-likeness (QED) is 0.197. The van der Waals surface area contributed by atoms with E-state index >= 15 is 0 Å². The lowest BCUT2D eigenvalue weighted by Gasteiger charge is -2.36. The summed E-state index contributed by atoms with van der Waals surface area (Å²) in [4.78, 5) is 4.79. The number of benzene rings is 4. The summed E-state index contributed by atoms with van der Waals surface area (Å²) in [5, 5.41) is 9.49. The lowest BCUT2D eigenvalue weighted by molar-refractivity contribution is -0.245. The van der Waals surface area contributed by atoms with Gasteiger partial charge in [0.2, 0.25) is 0 Å². The topological polar surface area (TPSA) is 77.6 Å². The van der Waals surface area contributed by atoms with Gasteiger partial charge in [0.25, 0.3) is 0 Å². The molecule has 3 N–H and O–H groups in total. The minimum atomic E-state index is -0.500.